The molecule has 0 atom stereocenters. The number of nitrogens with zero attached hydrogens (tertiary/aromatic N) is 4. The summed E-state index contributed by atoms with van der Waals surface area (Å²) in [5, 5.41) is 0. The van der Waals surface area contributed by atoms with E-state index in [1.165, 1.54) is 0 Å². The van der Waals surface area contributed by atoms with Crippen molar-refractivity contribution in [3.05, 3.63) is 97.6 Å². The molecule has 0 saturated carbocycles. The third-order valence-corrected chi connectivity index (χ3v) is 3.17. The summed E-state index contributed by atoms with van der Waals surface area (Å²) in [6, 6.07) is 23.2. The second-order valence-corrected chi connectivity index (χ2v) is 4.86. The molecule has 0 spiro atoms. The molecule has 0 radical (unpaired) electrons. The molecular weight excluding hydrogens is 296 g/mol. The minimum atomic E-state index is 0.860. The SMILES string of the molecule is c1ccc(-c2cccc(-c3ccccn3)n2)nc1.c1ccncc1. The van der Waals surface area contributed by atoms with E-state index in [1.807, 2.05) is 72.8 Å². The van der Waals surface area contributed by atoms with Gasteiger partial charge in [0.2, 0.25) is 0 Å². The van der Waals surface area contributed by atoms with E-state index in [1.54, 1.807) is 24.8 Å². The Labute approximate surface area is 140 Å². The van der Waals surface area contributed by atoms with E-state index in [9.17, 15) is 0 Å². The van der Waals surface area contributed by atoms with E-state index in [-0.39, 0.29) is 0 Å². The summed E-state index contributed by atoms with van der Waals surface area (Å²) in [5.41, 5.74) is 3.46. The molecule has 0 aliphatic heterocycles. The lowest BCUT2D eigenvalue weighted by Crippen LogP contribution is -1.90. The van der Waals surface area contributed by atoms with Crippen LogP contribution in [0.3, 0.4) is 0 Å². The molecule has 4 aromatic heterocycles. The molecule has 4 heteroatoms. The van der Waals surface area contributed by atoms with Gasteiger partial charge >= 0.3 is 0 Å². The van der Waals surface area contributed by atoms with Crippen molar-refractivity contribution in [2.45, 2.75) is 0 Å². The monoisotopic (exact) mass is 312 g/mol. The predicted molar refractivity (Wildman–Crippen MR) is 94.9 cm³/mol. The molecule has 0 unspecified atom stereocenters. The molecule has 0 aromatic carbocycles. The highest BCUT2D eigenvalue weighted by Crippen LogP contribution is 2.19. The minimum absolute atomic E-state index is 0.860. The van der Waals surface area contributed by atoms with E-state index in [0.717, 1.165) is 22.8 Å². The van der Waals surface area contributed by atoms with Crippen LogP contribution >= 0.6 is 0 Å². The quantitative estimate of drug-likeness (QED) is 0.554. The van der Waals surface area contributed by atoms with Crippen LogP contribution in [0.25, 0.3) is 22.8 Å². The fourth-order valence-electron chi connectivity index (χ4n) is 2.06. The highest BCUT2D eigenvalue weighted by Gasteiger charge is 2.03. The molecule has 4 heterocycles. The van der Waals surface area contributed by atoms with E-state index in [0.29, 0.717) is 0 Å². The topological polar surface area (TPSA) is 51.6 Å². The van der Waals surface area contributed by atoms with Gasteiger partial charge in [0.1, 0.15) is 0 Å². The van der Waals surface area contributed by atoms with Gasteiger partial charge in [0.25, 0.3) is 0 Å². The van der Waals surface area contributed by atoms with Gasteiger partial charge in [0.15, 0.2) is 0 Å². The van der Waals surface area contributed by atoms with Crippen molar-refractivity contribution in [3.8, 4) is 22.8 Å². The van der Waals surface area contributed by atoms with Crippen molar-refractivity contribution in [2.24, 2.45) is 0 Å². The zero-order valence-corrected chi connectivity index (χ0v) is 13.0. The van der Waals surface area contributed by atoms with Gasteiger partial charge in [-0.15, -0.1) is 0 Å². The second-order valence-electron chi connectivity index (χ2n) is 4.86. The predicted octanol–water partition coefficient (Wildman–Crippen LogP) is 4.29. The molecule has 4 aromatic rings. The Morgan fingerprint density at radius 1 is 0.417 bits per heavy atom. The molecule has 0 aliphatic rings. The Kier molecular flexibility index (Phi) is 5.35. The van der Waals surface area contributed by atoms with Gasteiger partial charge in [-0.05, 0) is 48.5 Å². The van der Waals surface area contributed by atoms with E-state index >= 15 is 0 Å². The van der Waals surface area contributed by atoms with Crippen molar-refractivity contribution < 1.29 is 0 Å². The first-order valence-electron chi connectivity index (χ1n) is 7.58. The molecule has 0 fully saturated rings. The van der Waals surface area contributed by atoms with Crippen molar-refractivity contribution in [1.82, 2.24) is 19.9 Å². The Balaban J connectivity index is 0.000000238. The van der Waals surface area contributed by atoms with Crippen molar-refractivity contribution in [2.75, 3.05) is 0 Å². The molecule has 0 aliphatic carbocycles. The number of hydrogen-bond acceptors (Lipinski definition) is 4. The molecule has 0 N–H and O–H groups in total. The molecule has 0 bridgehead atoms. The summed E-state index contributed by atoms with van der Waals surface area (Å²) in [5.74, 6) is 0. The maximum Gasteiger partial charge on any atom is 0.0894 e. The number of aromatic nitrogens is 4. The van der Waals surface area contributed by atoms with Crippen LogP contribution in [0.2, 0.25) is 0 Å². The van der Waals surface area contributed by atoms with Crippen molar-refractivity contribution >= 4 is 0 Å². The Hall–Kier alpha value is -3.40. The van der Waals surface area contributed by atoms with Crippen LogP contribution < -0.4 is 0 Å². The molecule has 4 nitrogen and oxygen atoms in total. The van der Waals surface area contributed by atoms with Gasteiger partial charge in [-0.1, -0.05) is 24.3 Å². The van der Waals surface area contributed by atoms with Crippen LogP contribution in [-0.2, 0) is 0 Å². The van der Waals surface area contributed by atoms with Gasteiger partial charge < -0.3 is 0 Å². The average Bonchev–Trinajstić information content (AvgIpc) is 2.71. The normalized spacial score (nSPS) is 9.67. The van der Waals surface area contributed by atoms with Gasteiger partial charge in [0.05, 0.1) is 22.8 Å². The fourth-order valence-corrected chi connectivity index (χ4v) is 2.06. The standard InChI is InChI=1S/C15H11N3.C5H5N/c1-3-10-16-12(6-1)14-8-5-9-15(18-14)13-7-2-4-11-17-13;1-2-4-6-5-3-1/h1-11H;1-5H. The summed E-state index contributed by atoms with van der Waals surface area (Å²) < 4.78 is 0. The third-order valence-electron chi connectivity index (χ3n) is 3.17. The summed E-state index contributed by atoms with van der Waals surface area (Å²) >= 11 is 0. The summed E-state index contributed by atoms with van der Waals surface area (Å²) in [6.07, 6.45) is 7.04. The van der Waals surface area contributed by atoms with E-state index in [4.69, 9.17) is 0 Å². The largest absolute Gasteiger partial charge is 0.265 e. The van der Waals surface area contributed by atoms with Crippen LogP contribution in [-0.4, -0.2) is 19.9 Å². The molecule has 4 rings (SSSR count). The van der Waals surface area contributed by atoms with Crippen LogP contribution in [0.5, 0.6) is 0 Å². The van der Waals surface area contributed by atoms with Crippen LogP contribution in [0.4, 0.5) is 0 Å². The maximum atomic E-state index is 4.59. The molecule has 0 amide bonds. The van der Waals surface area contributed by atoms with Gasteiger partial charge in [-0.2, -0.15) is 0 Å². The van der Waals surface area contributed by atoms with E-state index in [2.05, 4.69) is 19.9 Å². The number of hydrogen-bond donors (Lipinski definition) is 0. The number of rotatable bonds is 2. The smallest absolute Gasteiger partial charge is 0.0894 e. The first kappa shape index (κ1) is 15.5. The van der Waals surface area contributed by atoms with Crippen LogP contribution in [0.15, 0.2) is 97.6 Å². The lowest BCUT2D eigenvalue weighted by atomic mass is 10.2. The zero-order chi connectivity index (χ0) is 16.5. The van der Waals surface area contributed by atoms with E-state index < -0.39 is 0 Å². The molecular formula is C20H16N4. The highest BCUT2D eigenvalue weighted by atomic mass is 14.8. The first-order chi connectivity index (χ1) is 11.9. The second kappa shape index (κ2) is 8.29. The minimum Gasteiger partial charge on any atom is -0.265 e. The van der Waals surface area contributed by atoms with Crippen molar-refractivity contribution in [3.63, 3.8) is 0 Å². The first-order valence-corrected chi connectivity index (χ1v) is 7.58. The average molecular weight is 312 g/mol. The Bertz CT molecular complexity index is 769. The Morgan fingerprint density at radius 2 is 0.917 bits per heavy atom. The Morgan fingerprint density at radius 3 is 1.29 bits per heavy atom. The lowest BCUT2D eigenvalue weighted by molar-refractivity contribution is 1.22. The van der Waals surface area contributed by atoms with Crippen LogP contribution in [0.1, 0.15) is 0 Å². The summed E-state index contributed by atoms with van der Waals surface area (Å²) in [6.45, 7) is 0. The lowest BCUT2D eigenvalue weighted by Gasteiger charge is -2.03. The zero-order valence-electron chi connectivity index (χ0n) is 13.0. The third kappa shape index (κ3) is 4.30. The molecule has 24 heavy (non-hydrogen) atoms. The van der Waals surface area contributed by atoms with Crippen LogP contribution in [0, 0.1) is 0 Å². The van der Waals surface area contributed by atoms with Gasteiger partial charge in [-0.25, -0.2) is 4.98 Å². The maximum absolute atomic E-state index is 4.59. The summed E-state index contributed by atoms with van der Waals surface area (Å²) in [4.78, 5) is 17.0. The highest BCUT2D eigenvalue weighted by molar-refractivity contribution is 5.61. The number of pyridine rings is 4. The fraction of sp³-hybridized carbons (Fsp3) is 0. The van der Waals surface area contributed by atoms with Crippen molar-refractivity contribution in [1.29, 1.82) is 0 Å². The summed E-state index contributed by atoms with van der Waals surface area (Å²) in [7, 11) is 0. The molecule has 116 valence electrons. The van der Waals surface area contributed by atoms with Gasteiger partial charge in [0, 0.05) is 24.8 Å². The van der Waals surface area contributed by atoms with Gasteiger partial charge in [-0.3, -0.25) is 15.0 Å². The molecule has 0 saturated heterocycles.